The van der Waals surface area contributed by atoms with Crippen molar-refractivity contribution >= 4 is 45.2 Å². The number of hydrogen-bond donors (Lipinski definition) is 2. The van der Waals surface area contributed by atoms with Crippen LogP contribution in [0.2, 0.25) is 0 Å². The third kappa shape index (κ3) is 6.04. The zero-order chi connectivity index (χ0) is 23.1. The zero-order valence-electron chi connectivity index (χ0n) is 17.3. The number of nitrogens with zero attached hydrogens (tertiary/aromatic N) is 3. The van der Waals surface area contributed by atoms with Gasteiger partial charge in [0.2, 0.25) is 5.91 Å². The Morgan fingerprint density at radius 2 is 2.03 bits per heavy atom. The fraction of sp³-hybridized carbons (Fsp3) is 0.182. The van der Waals surface area contributed by atoms with Crippen molar-refractivity contribution in [2.24, 2.45) is 0 Å². The van der Waals surface area contributed by atoms with Gasteiger partial charge in [-0.25, -0.2) is 4.39 Å². The highest BCUT2D eigenvalue weighted by Crippen LogP contribution is 2.21. The number of hydrogen-bond acceptors (Lipinski definition) is 5. The van der Waals surface area contributed by atoms with E-state index in [1.165, 1.54) is 30.0 Å². The molecule has 10 heteroatoms. The largest absolute Gasteiger partial charge is 0.345 e. The molecule has 3 rings (SSSR count). The van der Waals surface area contributed by atoms with Crippen molar-refractivity contribution < 1.29 is 14.0 Å². The number of benzene rings is 2. The molecule has 2 N–H and O–H groups in total. The summed E-state index contributed by atoms with van der Waals surface area (Å²) >= 11 is 4.66. The van der Waals surface area contributed by atoms with Crippen LogP contribution in [0.3, 0.4) is 0 Å². The van der Waals surface area contributed by atoms with Gasteiger partial charge in [0.25, 0.3) is 5.91 Å². The molecular formula is C22H21BrFN5O2S. The number of rotatable bonds is 9. The molecule has 1 aromatic heterocycles. The summed E-state index contributed by atoms with van der Waals surface area (Å²) < 4.78 is 16.5. The lowest BCUT2D eigenvalue weighted by Crippen LogP contribution is -2.25. The Morgan fingerprint density at radius 1 is 1.25 bits per heavy atom. The minimum atomic E-state index is -0.596. The Balaban J connectivity index is 1.61. The second kappa shape index (κ2) is 11.1. The molecule has 2 aromatic carbocycles. The number of carbonyl (C=O) groups is 2. The molecule has 0 spiro atoms. The van der Waals surface area contributed by atoms with Gasteiger partial charge in [-0.05, 0) is 42.8 Å². The topological polar surface area (TPSA) is 88.9 Å². The summed E-state index contributed by atoms with van der Waals surface area (Å²) in [5.74, 6) is -0.720. The summed E-state index contributed by atoms with van der Waals surface area (Å²) in [6.45, 7) is 6.13. The molecule has 0 fully saturated rings. The minimum Gasteiger partial charge on any atom is -0.345 e. The molecule has 7 nitrogen and oxygen atoms in total. The molecule has 0 saturated heterocycles. The van der Waals surface area contributed by atoms with Gasteiger partial charge < -0.3 is 15.2 Å². The van der Waals surface area contributed by atoms with E-state index >= 15 is 0 Å². The molecule has 0 radical (unpaired) electrons. The average Bonchev–Trinajstić information content (AvgIpc) is 3.15. The Morgan fingerprint density at radius 3 is 2.75 bits per heavy atom. The standard InChI is InChI=1S/C22H21BrFN5O2S/c1-3-10-29-19(12-25-21(31)16-6-4-5-7-18(16)24)27-28-22(29)32-13-20(30)26-15-8-9-17(23)14(2)11-15/h3-9,11H,1,10,12-13H2,2H3,(H,25,31)(H,26,30). The normalized spacial score (nSPS) is 10.6. The van der Waals surface area contributed by atoms with Gasteiger partial charge in [0.15, 0.2) is 11.0 Å². The van der Waals surface area contributed by atoms with Crippen LogP contribution in [-0.2, 0) is 17.9 Å². The van der Waals surface area contributed by atoms with Crippen LogP contribution in [-0.4, -0.2) is 32.3 Å². The molecule has 0 aliphatic rings. The molecular weight excluding hydrogens is 497 g/mol. The van der Waals surface area contributed by atoms with Crippen LogP contribution in [0.25, 0.3) is 0 Å². The van der Waals surface area contributed by atoms with E-state index in [-0.39, 0.29) is 23.8 Å². The van der Waals surface area contributed by atoms with Gasteiger partial charge in [0.05, 0.1) is 17.9 Å². The Labute approximate surface area is 197 Å². The predicted octanol–water partition coefficient (Wildman–Crippen LogP) is 4.33. The minimum absolute atomic E-state index is 0.0447. The number of allylic oxidation sites excluding steroid dienone is 1. The zero-order valence-corrected chi connectivity index (χ0v) is 19.7. The van der Waals surface area contributed by atoms with Crippen LogP contribution in [0.15, 0.2) is 64.7 Å². The second-order valence-electron chi connectivity index (χ2n) is 6.76. The summed E-state index contributed by atoms with van der Waals surface area (Å²) in [4.78, 5) is 24.6. The summed E-state index contributed by atoms with van der Waals surface area (Å²) in [6, 6.07) is 11.3. The quantitative estimate of drug-likeness (QED) is 0.325. The van der Waals surface area contributed by atoms with E-state index < -0.39 is 11.7 Å². The predicted molar refractivity (Wildman–Crippen MR) is 126 cm³/mol. The molecule has 0 bridgehead atoms. The van der Waals surface area contributed by atoms with Crippen molar-refractivity contribution in [1.29, 1.82) is 0 Å². The van der Waals surface area contributed by atoms with E-state index in [1.807, 2.05) is 25.1 Å². The second-order valence-corrected chi connectivity index (χ2v) is 8.56. The average molecular weight is 518 g/mol. The van der Waals surface area contributed by atoms with Gasteiger partial charge in [-0.2, -0.15) is 0 Å². The summed E-state index contributed by atoms with van der Waals surface area (Å²) in [5, 5.41) is 14.2. The first-order chi connectivity index (χ1) is 15.4. The van der Waals surface area contributed by atoms with Crippen molar-refractivity contribution in [3.63, 3.8) is 0 Å². The van der Waals surface area contributed by atoms with Crippen LogP contribution >= 0.6 is 27.7 Å². The van der Waals surface area contributed by atoms with Crippen molar-refractivity contribution in [3.8, 4) is 0 Å². The molecule has 3 aromatic rings. The number of aromatic nitrogens is 3. The Hall–Kier alpha value is -2.98. The fourth-order valence-electron chi connectivity index (χ4n) is 2.82. The molecule has 32 heavy (non-hydrogen) atoms. The maximum Gasteiger partial charge on any atom is 0.254 e. The van der Waals surface area contributed by atoms with E-state index in [0.717, 1.165) is 10.0 Å². The van der Waals surface area contributed by atoms with Crippen LogP contribution < -0.4 is 10.6 Å². The molecule has 0 atom stereocenters. The maximum absolute atomic E-state index is 13.8. The lowest BCUT2D eigenvalue weighted by molar-refractivity contribution is -0.113. The van der Waals surface area contributed by atoms with E-state index in [1.54, 1.807) is 16.7 Å². The number of nitrogens with one attached hydrogen (secondary N) is 2. The number of carbonyl (C=O) groups excluding carboxylic acids is 2. The van der Waals surface area contributed by atoms with Gasteiger partial charge in [0.1, 0.15) is 5.82 Å². The highest BCUT2D eigenvalue weighted by atomic mass is 79.9. The molecule has 0 saturated carbocycles. The van der Waals surface area contributed by atoms with Crippen molar-refractivity contribution in [2.75, 3.05) is 11.1 Å². The lowest BCUT2D eigenvalue weighted by Gasteiger charge is -2.10. The van der Waals surface area contributed by atoms with E-state index in [9.17, 15) is 14.0 Å². The monoisotopic (exact) mass is 517 g/mol. The number of aryl methyl sites for hydroxylation is 1. The molecule has 0 unspecified atom stereocenters. The first-order valence-corrected chi connectivity index (χ1v) is 11.4. The molecule has 0 aliphatic heterocycles. The highest BCUT2D eigenvalue weighted by Gasteiger charge is 2.16. The van der Waals surface area contributed by atoms with E-state index in [0.29, 0.717) is 23.2 Å². The first kappa shape index (κ1) is 23.7. The number of amides is 2. The maximum atomic E-state index is 13.8. The summed E-state index contributed by atoms with van der Waals surface area (Å²) in [7, 11) is 0. The molecule has 0 aliphatic carbocycles. The third-order valence-electron chi connectivity index (χ3n) is 4.40. The van der Waals surface area contributed by atoms with Crippen LogP contribution in [0.5, 0.6) is 0 Å². The Bertz CT molecular complexity index is 1150. The lowest BCUT2D eigenvalue weighted by atomic mass is 10.2. The van der Waals surface area contributed by atoms with Gasteiger partial charge in [-0.3, -0.25) is 9.59 Å². The fourth-order valence-corrected chi connectivity index (χ4v) is 3.83. The molecule has 2 amide bonds. The van der Waals surface area contributed by atoms with Gasteiger partial charge in [0, 0.05) is 16.7 Å². The Kier molecular flexibility index (Phi) is 8.18. The van der Waals surface area contributed by atoms with E-state index in [4.69, 9.17) is 0 Å². The van der Waals surface area contributed by atoms with Crippen LogP contribution in [0.4, 0.5) is 10.1 Å². The van der Waals surface area contributed by atoms with Crippen molar-refractivity contribution in [2.45, 2.75) is 25.2 Å². The SMILES string of the molecule is C=CCn1c(CNC(=O)c2ccccc2F)nnc1SCC(=O)Nc1ccc(Br)c(C)c1. The number of halogens is 2. The number of thioether (sulfide) groups is 1. The van der Waals surface area contributed by atoms with Gasteiger partial charge >= 0.3 is 0 Å². The van der Waals surface area contributed by atoms with Crippen LogP contribution in [0, 0.1) is 12.7 Å². The van der Waals surface area contributed by atoms with Crippen molar-refractivity contribution in [1.82, 2.24) is 20.1 Å². The van der Waals surface area contributed by atoms with Crippen LogP contribution in [0.1, 0.15) is 21.7 Å². The van der Waals surface area contributed by atoms with Gasteiger partial charge in [-0.15, -0.1) is 16.8 Å². The smallest absolute Gasteiger partial charge is 0.254 e. The third-order valence-corrected chi connectivity index (χ3v) is 6.26. The molecule has 166 valence electrons. The van der Waals surface area contributed by atoms with Gasteiger partial charge in [-0.1, -0.05) is 45.9 Å². The summed E-state index contributed by atoms with van der Waals surface area (Å²) in [6.07, 6.45) is 1.67. The summed E-state index contributed by atoms with van der Waals surface area (Å²) in [5.41, 5.74) is 1.68. The molecule has 1 heterocycles. The van der Waals surface area contributed by atoms with E-state index in [2.05, 4.69) is 43.3 Å². The number of anilines is 1. The van der Waals surface area contributed by atoms with Crippen molar-refractivity contribution in [3.05, 3.63) is 82.4 Å². The highest BCUT2D eigenvalue weighted by molar-refractivity contribution is 9.10. The first-order valence-electron chi connectivity index (χ1n) is 9.63.